The predicted molar refractivity (Wildman–Crippen MR) is 63.3 cm³/mol. The largest absolute Gasteiger partial charge is 0.338 e. The van der Waals surface area contributed by atoms with Crippen molar-refractivity contribution in [2.45, 2.75) is 13.3 Å². The van der Waals surface area contributed by atoms with Gasteiger partial charge in [-0.25, -0.2) is 5.48 Å². The number of nitrogens with one attached hydrogen (secondary N) is 1. The smallest absolute Gasteiger partial charge is 0.252 e. The summed E-state index contributed by atoms with van der Waals surface area (Å²) in [7, 11) is 1.37. The summed E-state index contributed by atoms with van der Waals surface area (Å²) in [6, 6.07) is 7.70. The van der Waals surface area contributed by atoms with E-state index in [2.05, 4.69) is 20.5 Å². The van der Waals surface area contributed by atoms with Gasteiger partial charge in [0.05, 0.1) is 7.11 Å². The van der Waals surface area contributed by atoms with Gasteiger partial charge in [0.2, 0.25) is 11.7 Å². The summed E-state index contributed by atoms with van der Waals surface area (Å²) in [5, 5.41) is 3.85. The normalized spacial score (nSPS) is 10.3. The van der Waals surface area contributed by atoms with Crippen LogP contribution in [0.5, 0.6) is 0 Å². The van der Waals surface area contributed by atoms with Crippen LogP contribution in [0.25, 0.3) is 11.4 Å². The molecule has 0 aliphatic carbocycles. The second kappa shape index (κ2) is 5.42. The SMILES string of the molecule is CONC(=O)Cc1nc(-c2ccccc2C)no1. The number of benzene rings is 1. The van der Waals surface area contributed by atoms with Gasteiger partial charge in [0, 0.05) is 5.56 Å². The molecule has 0 saturated heterocycles. The summed E-state index contributed by atoms with van der Waals surface area (Å²) in [6.07, 6.45) is -0.00722. The first kappa shape index (κ1) is 12.3. The fraction of sp³-hybridized carbons (Fsp3) is 0.250. The number of rotatable bonds is 4. The summed E-state index contributed by atoms with van der Waals surface area (Å²) in [4.78, 5) is 19.9. The van der Waals surface area contributed by atoms with E-state index in [4.69, 9.17) is 4.52 Å². The van der Waals surface area contributed by atoms with Crippen LogP contribution >= 0.6 is 0 Å². The summed E-state index contributed by atoms with van der Waals surface area (Å²) in [5.74, 6) is 0.397. The van der Waals surface area contributed by atoms with Gasteiger partial charge in [-0.2, -0.15) is 4.98 Å². The minimum absolute atomic E-state index is 0.00722. The van der Waals surface area contributed by atoms with E-state index in [1.165, 1.54) is 7.11 Å². The summed E-state index contributed by atoms with van der Waals surface area (Å²) < 4.78 is 5.01. The van der Waals surface area contributed by atoms with Gasteiger partial charge in [-0.3, -0.25) is 9.63 Å². The maximum atomic E-state index is 11.3. The first-order valence-electron chi connectivity index (χ1n) is 5.41. The molecule has 0 saturated carbocycles. The number of amides is 1. The zero-order valence-corrected chi connectivity index (χ0v) is 10.1. The molecular weight excluding hydrogens is 234 g/mol. The second-order valence-electron chi connectivity index (χ2n) is 3.73. The maximum Gasteiger partial charge on any atom is 0.252 e. The Labute approximate surface area is 104 Å². The number of aryl methyl sites for hydroxylation is 1. The van der Waals surface area contributed by atoms with Crippen molar-refractivity contribution < 1.29 is 14.2 Å². The van der Waals surface area contributed by atoms with Gasteiger partial charge in [0.25, 0.3) is 5.91 Å². The number of nitrogens with zero attached hydrogens (tertiary/aromatic N) is 2. The Morgan fingerprint density at radius 1 is 1.44 bits per heavy atom. The van der Waals surface area contributed by atoms with Crippen LogP contribution in [0.3, 0.4) is 0 Å². The van der Waals surface area contributed by atoms with Crippen molar-refractivity contribution >= 4 is 5.91 Å². The van der Waals surface area contributed by atoms with Gasteiger partial charge in [0.1, 0.15) is 6.42 Å². The van der Waals surface area contributed by atoms with Crippen LogP contribution in [0.15, 0.2) is 28.8 Å². The topological polar surface area (TPSA) is 77.2 Å². The molecule has 2 rings (SSSR count). The minimum Gasteiger partial charge on any atom is -0.338 e. The van der Waals surface area contributed by atoms with Crippen molar-refractivity contribution in [3.8, 4) is 11.4 Å². The highest BCUT2D eigenvalue weighted by Gasteiger charge is 2.13. The Morgan fingerprint density at radius 2 is 2.22 bits per heavy atom. The number of aromatic nitrogens is 2. The summed E-state index contributed by atoms with van der Waals surface area (Å²) in [5.41, 5.74) is 4.12. The van der Waals surface area contributed by atoms with Crippen LogP contribution in [0.2, 0.25) is 0 Å². The van der Waals surface area contributed by atoms with E-state index in [0.29, 0.717) is 5.82 Å². The van der Waals surface area contributed by atoms with E-state index in [1.54, 1.807) is 0 Å². The Balaban J connectivity index is 2.16. The van der Waals surface area contributed by atoms with Crippen molar-refractivity contribution in [3.05, 3.63) is 35.7 Å². The molecule has 0 unspecified atom stereocenters. The zero-order chi connectivity index (χ0) is 13.0. The van der Waals surface area contributed by atoms with Crippen LogP contribution in [-0.2, 0) is 16.1 Å². The highest BCUT2D eigenvalue weighted by molar-refractivity contribution is 5.76. The fourth-order valence-corrected chi connectivity index (χ4v) is 1.55. The van der Waals surface area contributed by atoms with Crippen LogP contribution in [0.4, 0.5) is 0 Å². The third-order valence-electron chi connectivity index (χ3n) is 2.38. The molecule has 0 aliphatic rings. The van der Waals surface area contributed by atoms with Gasteiger partial charge < -0.3 is 4.52 Å². The number of carbonyl (C=O) groups excluding carboxylic acids is 1. The molecule has 2 aromatic rings. The first-order valence-corrected chi connectivity index (χ1v) is 5.41. The van der Waals surface area contributed by atoms with E-state index in [0.717, 1.165) is 11.1 Å². The molecule has 0 atom stereocenters. The second-order valence-corrected chi connectivity index (χ2v) is 3.73. The third kappa shape index (κ3) is 2.72. The van der Waals surface area contributed by atoms with Gasteiger partial charge in [-0.1, -0.05) is 29.4 Å². The Kier molecular flexibility index (Phi) is 3.69. The molecule has 0 bridgehead atoms. The quantitative estimate of drug-likeness (QED) is 0.823. The molecule has 1 amide bonds. The molecule has 6 heteroatoms. The minimum atomic E-state index is -0.336. The van der Waals surface area contributed by atoms with Crippen molar-refractivity contribution in [2.24, 2.45) is 0 Å². The van der Waals surface area contributed by atoms with E-state index in [-0.39, 0.29) is 18.2 Å². The lowest BCUT2D eigenvalue weighted by Crippen LogP contribution is -2.23. The molecule has 0 spiro atoms. The van der Waals surface area contributed by atoms with Gasteiger partial charge in [-0.15, -0.1) is 0 Å². The van der Waals surface area contributed by atoms with Crippen LogP contribution in [-0.4, -0.2) is 23.2 Å². The number of hydroxylamine groups is 1. The molecule has 1 aromatic heterocycles. The lowest BCUT2D eigenvalue weighted by Gasteiger charge is -1.98. The lowest BCUT2D eigenvalue weighted by atomic mass is 10.1. The highest BCUT2D eigenvalue weighted by Crippen LogP contribution is 2.19. The first-order chi connectivity index (χ1) is 8.70. The van der Waals surface area contributed by atoms with E-state index in [1.807, 2.05) is 31.2 Å². The average molecular weight is 247 g/mol. The van der Waals surface area contributed by atoms with Crippen molar-refractivity contribution in [1.29, 1.82) is 0 Å². The predicted octanol–water partition coefficient (Wildman–Crippen LogP) is 1.27. The molecule has 0 fully saturated rings. The Hall–Kier alpha value is -2.21. The summed E-state index contributed by atoms with van der Waals surface area (Å²) in [6.45, 7) is 1.96. The van der Waals surface area contributed by atoms with E-state index >= 15 is 0 Å². The monoisotopic (exact) mass is 247 g/mol. The molecule has 0 aliphatic heterocycles. The highest BCUT2D eigenvalue weighted by atomic mass is 16.6. The van der Waals surface area contributed by atoms with Crippen molar-refractivity contribution in [1.82, 2.24) is 15.6 Å². The van der Waals surface area contributed by atoms with Crippen LogP contribution in [0.1, 0.15) is 11.5 Å². The molecule has 94 valence electrons. The molecule has 1 heterocycles. The number of hydrogen-bond donors (Lipinski definition) is 1. The summed E-state index contributed by atoms with van der Waals surface area (Å²) >= 11 is 0. The Morgan fingerprint density at radius 3 is 2.94 bits per heavy atom. The molecular formula is C12H13N3O3. The number of hydrogen-bond acceptors (Lipinski definition) is 5. The van der Waals surface area contributed by atoms with Gasteiger partial charge in [0.15, 0.2) is 0 Å². The van der Waals surface area contributed by atoms with Gasteiger partial charge >= 0.3 is 0 Å². The van der Waals surface area contributed by atoms with Crippen LogP contribution < -0.4 is 5.48 Å². The third-order valence-corrected chi connectivity index (χ3v) is 2.38. The fourth-order valence-electron chi connectivity index (χ4n) is 1.55. The average Bonchev–Trinajstić information content (AvgIpc) is 2.78. The molecule has 1 N–H and O–H groups in total. The lowest BCUT2D eigenvalue weighted by molar-refractivity contribution is -0.130. The maximum absolute atomic E-state index is 11.3. The van der Waals surface area contributed by atoms with Crippen molar-refractivity contribution in [2.75, 3.05) is 7.11 Å². The van der Waals surface area contributed by atoms with Crippen LogP contribution in [0, 0.1) is 6.92 Å². The van der Waals surface area contributed by atoms with Gasteiger partial charge in [-0.05, 0) is 12.5 Å². The molecule has 18 heavy (non-hydrogen) atoms. The number of carbonyl (C=O) groups is 1. The zero-order valence-electron chi connectivity index (χ0n) is 10.1. The van der Waals surface area contributed by atoms with Crippen molar-refractivity contribution in [3.63, 3.8) is 0 Å². The van der Waals surface area contributed by atoms with E-state index in [9.17, 15) is 4.79 Å². The standard InChI is InChI=1S/C12H13N3O3/c1-8-5-3-4-6-9(8)12-13-11(18-15-12)7-10(16)14-17-2/h3-6H,7H2,1-2H3,(H,14,16). The van der Waals surface area contributed by atoms with E-state index < -0.39 is 0 Å². The molecule has 0 radical (unpaired) electrons. The Bertz CT molecular complexity index is 551. The molecule has 1 aromatic carbocycles. The molecule has 6 nitrogen and oxygen atoms in total.